The van der Waals surface area contributed by atoms with Crippen LogP contribution in [0.5, 0.6) is 0 Å². The summed E-state index contributed by atoms with van der Waals surface area (Å²) in [7, 11) is 0. The number of ether oxygens (including phenoxy) is 1. The van der Waals surface area contributed by atoms with Crippen LogP contribution in [-0.2, 0) is 27.3 Å². The third-order valence-corrected chi connectivity index (χ3v) is 6.84. The molecule has 39 heavy (non-hydrogen) atoms. The number of amides is 2. The summed E-state index contributed by atoms with van der Waals surface area (Å²) in [6.45, 7) is 0.907. The fraction of sp³-hybridized carbons (Fsp3) is 0.241. The van der Waals surface area contributed by atoms with Crippen LogP contribution in [0.3, 0.4) is 0 Å². The molecule has 0 saturated carbocycles. The number of carbonyl (C=O) groups excluding carboxylic acids is 2. The van der Waals surface area contributed by atoms with Gasteiger partial charge in [0, 0.05) is 23.9 Å². The van der Waals surface area contributed by atoms with Gasteiger partial charge >= 0.3 is 5.69 Å². The van der Waals surface area contributed by atoms with Crippen molar-refractivity contribution in [3.8, 4) is 5.69 Å². The molecule has 0 aliphatic carbocycles. The van der Waals surface area contributed by atoms with Crippen LogP contribution >= 0.6 is 11.6 Å². The van der Waals surface area contributed by atoms with Gasteiger partial charge in [0.05, 0.1) is 29.1 Å². The number of benzene rings is 3. The Morgan fingerprint density at radius 2 is 1.69 bits per heavy atom. The lowest BCUT2D eigenvalue weighted by molar-refractivity contribution is -0.121. The first-order valence-electron chi connectivity index (χ1n) is 12.7. The number of fused-ring (bicyclic) bond motifs is 1. The maximum absolute atomic E-state index is 13.6. The standard InChI is InChI=1S/C29H27ClN4O5/c30-20-9-11-21(12-10-20)32-27(36)18-33-25-6-2-1-5-24(25)28(37)34(29(33)38)22-13-7-19(8-14-22)16-26(35)31-17-23-4-3-15-39-23/h1-2,5-14,23H,3-4,15-18H2,(H,31,35)(H,32,36)/t23-/m0/s1. The van der Waals surface area contributed by atoms with Crippen molar-refractivity contribution in [2.75, 3.05) is 18.5 Å². The molecular formula is C29H27ClN4O5. The molecule has 2 N–H and O–H groups in total. The summed E-state index contributed by atoms with van der Waals surface area (Å²) < 4.78 is 7.84. The zero-order valence-corrected chi connectivity index (χ0v) is 21.8. The van der Waals surface area contributed by atoms with E-state index >= 15 is 0 Å². The van der Waals surface area contributed by atoms with E-state index in [-0.39, 0.29) is 25.0 Å². The number of hydrogen-bond donors (Lipinski definition) is 2. The molecule has 0 spiro atoms. The lowest BCUT2D eigenvalue weighted by Crippen LogP contribution is -2.40. The summed E-state index contributed by atoms with van der Waals surface area (Å²) >= 11 is 5.91. The Labute approximate surface area is 229 Å². The second-order valence-corrected chi connectivity index (χ2v) is 9.80. The first kappa shape index (κ1) is 26.4. The van der Waals surface area contributed by atoms with Crippen LogP contribution in [0.15, 0.2) is 82.4 Å². The van der Waals surface area contributed by atoms with Gasteiger partial charge in [-0.1, -0.05) is 35.9 Å². The monoisotopic (exact) mass is 546 g/mol. The molecule has 0 radical (unpaired) electrons. The summed E-state index contributed by atoms with van der Waals surface area (Å²) in [5, 5.41) is 6.47. The molecule has 2 amide bonds. The highest BCUT2D eigenvalue weighted by molar-refractivity contribution is 6.30. The SMILES string of the molecule is O=C(Cc1ccc(-n2c(=O)c3ccccc3n(CC(=O)Nc3ccc(Cl)cc3)c2=O)cc1)NC[C@@H]1CCCO1. The average Bonchev–Trinajstić information content (AvgIpc) is 3.46. The number of para-hydroxylation sites is 1. The van der Waals surface area contributed by atoms with Crippen molar-refractivity contribution in [3.63, 3.8) is 0 Å². The molecule has 0 bridgehead atoms. The Bertz CT molecular complexity index is 1620. The second-order valence-electron chi connectivity index (χ2n) is 9.36. The predicted octanol–water partition coefficient (Wildman–Crippen LogP) is 3.28. The second kappa shape index (κ2) is 11.7. The van der Waals surface area contributed by atoms with Crippen LogP contribution in [0.2, 0.25) is 5.02 Å². The summed E-state index contributed by atoms with van der Waals surface area (Å²) in [6, 6.07) is 19.9. The zero-order chi connectivity index (χ0) is 27.4. The van der Waals surface area contributed by atoms with Crippen molar-refractivity contribution in [1.29, 1.82) is 0 Å². The van der Waals surface area contributed by atoms with Gasteiger partial charge in [-0.15, -0.1) is 0 Å². The molecule has 10 heteroatoms. The van der Waals surface area contributed by atoms with E-state index in [1.54, 1.807) is 72.8 Å². The fourth-order valence-corrected chi connectivity index (χ4v) is 4.75. The number of nitrogens with zero attached hydrogens (tertiary/aromatic N) is 2. The molecule has 1 atom stereocenters. The smallest absolute Gasteiger partial charge is 0.336 e. The highest BCUT2D eigenvalue weighted by atomic mass is 35.5. The van der Waals surface area contributed by atoms with Crippen molar-refractivity contribution >= 4 is 40.0 Å². The van der Waals surface area contributed by atoms with E-state index < -0.39 is 17.2 Å². The van der Waals surface area contributed by atoms with E-state index in [9.17, 15) is 19.2 Å². The molecule has 1 aromatic heterocycles. The van der Waals surface area contributed by atoms with Crippen molar-refractivity contribution in [3.05, 3.63) is 104 Å². The average molecular weight is 547 g/mol. The van der Waals surface area contributed by atoms with E-state index in [1.807, 2.05) is 0 Å². The molecular weight excluding hydrogens is 520 g/mol. The zero-order valence-electron chi connectivity index (χ0n) is 21.1. The van der Waals surface area contributed by atoms with Gasteiger partial charge in [-0.25, -0.2) is 9.36 Å². The quantitative estimate of drug-likeness (QED) is 0.352. The summed E-state index contributed by atoms with van der Waals surface area (Å²) in [5.41, 5.74) is 0.824. The van der Waals surface area contributed by atoms with E-state index in [1.165, 1.54) is 4.57 Å². The van der Waals surface area contributed by atoms with Crippen LogP contribution in [0.1, 0.15) is 18.4 Å². The van der Waals surface area contributed by atoms with Crippen molar-refractivity contribution in [2.24, 2.45) is 0 Å². The topological polar surface area (TPSA) is 111 Å². The van der Waals surface area contributed by atoms with Gasteiger partial charge in [-0.05, 0) is 66.9 Å². The van der Waals surface area contributed by atoms with Gasteiger partial charge in [0.1, 0.15) is 6.54 Å². The van der Waals surface area contributed by atoms with E-state index in [4.69, 9.17) is 16.3 Å². The maximum Gasteiger partial charge on any atom is 0.336 e. The third-order valence-electron chi connectivity index (χ3n) is 6.59. The molecule has 1 fully saturated rings. The highest BCUT2D eigenvalue weighted by Gasteiger charge is 2.18. The van der Waals surface area contributed by atoms with Crippen LogP contribution < -0.4 is 21.9 Å². The minimum absolute atomic E-state index is 0.0616. The largest absolute Gasteiger partial charge is 0.376 e. The number of anilines is 1. The van der Waals surface area contributed by atoms with Crippen LogP contribution in [-0.4, -0.2) is 40.2 Å². The van der Waals surface area contributed by atoms with Gasteiger partial charge in [0.2, 0.25) is 11.8 Å². The van der Waals surface area contributed by atoms with Gasteiger partial charge < -0.3 is 15.4 Å². The Hall–Kier alpha value is -4.21. The van der Waals surface area contributed by atoms with Crippen molar-refractivity contribution < 1.29 is 14.3 Å². The molecule has 1 aliphatic rings. The minimum Gasteiger partial charge on any atom is -0.376 e. The van der Waals surface area contributed by atoms with E-state index in [0.29, 0.717) is 33.8 Å². The van der Waals surface area contributed by atoms with Crippen LogP contribution in [0, 0.1) is 0 Å². The van der Waals surface area contributed by atoms with Gasteiger partial charge in [-0.2, -0.15) is 0 Å². The molecule has 200 valence electrons. The van der Waals surface area contributed by atoms with Crippen molar-refractivity contribution in [2.45, 2.75) is 31.9 Å². The van der Waals surface area contributed by atoms with Crippen molar-refractivity contribution in [1.82, 2.24) is 14.5 Å². The molecule has 2 heterocycles. The number of halogens is 1. The lowest BCUT2D eigenvalue weighted by atomic mass is 10.1. The lowest BCUT2D eigenvalue weighted by Gasteiger charge is -2.15. The van der Waals surface area contributed by atoms with Gasteiger partial charge in [0.15, 0.2) is 0 Å². The molecule has 1 saturated heterocycles. The fourth-order valence-electron chi connectivity index (χ4n) is 4.62. The van der Waals surface area contributed by atoms with Gasteiger partial charge in [-0.3, -0.25) is 19.0 Å². The molecule has 0 unspecified atom stereocenters. The maximum atomic E-state index is 13.6. The number of aromatic nitrogens is 2. The molecule has 1 aliphatic heterocycles. The molecule has 3 aromatic carbocycles. The third kappa shape index (κ3) is 6.10. The molecule has 9 nitrogen and oxygen atoms in total. The predicted molar refractivity (Wildman–Crippen MR) is 150 cm³/mol. The molecule has 5 rings (SSSR count). The number of nitrogens with one attached hydrogen (secondary N) is 2. The van der Waals surface area contributed by atoms with E-state index in [2.05, 4.69) is 10.6 Å². The van der Waals surface area contributed by atoms with Crippen LogP contribution in [0.4, 0.5) is 5.69 Å². The first-order chi connectivity index (χ1) is 18.9. The summed E-state index contributed by atoms with van der Waals surface area (Å²) in [5.74, 6) is -0.561. The van der Waals surface area contributed by atoms with Gasteiger partial charge in [0.25, 0.3) is 5.56 Å². The Morgan fingerprint density at radius 3 is 2.41 bits per heavy atom. The van der Waals surface area contributed by atoms with Crippen LogP contribution in [0.25, 0.3) is 16.6 Å². The van der Waals surface area contributed by atoms with E-state index in [0.717, 1.165) is 29.6 Å². The number of rotatable bonds is 8. The Kier molecular flexibility index (Phi) is 7.90. The highest BCUT2D eigenvalue weighted by Crippen LogP contribution is 2.15. The Balaban J connectivity index is 1.39. The molecule has 4 aromatic rings. The normalized spacial score (nSPS) is 14.8. The summed E-state index contributed by atoms with van der Waals surface area (Å²) in [6.07, 6.45) is 2.17. The first-order valence-corrected chi connectivity index (χ1v) is 13.0. The summed E-state index contributed by atoms with van der Waals surface area (Å²) in [4.78, 5) is 52.1. The number of carbonyl (C=O) groups is 2. The Morgan fingerprint density at radius 1 is 0.949 bits per heavy atom. The minimum atomic E-state index is -0.646. The number of hydrogen-bond acceptors (Lipinski definition) is 5.